The van der Waals surface area contributed by atoms with Crippen LogP contribution in [0.1, 0.15) is 102 Å². The normalized spacial score (nSPS) is 11.3. The van der Waals surface area contributed by atoms with Gasteiger partial charge in [0.1, 0.15) is 5.75 Å². The van der Waals surface area contributed by atoms with Gasteiger partial charge in [-0.25, -0.2) is 0 Å². The van der Waals surface area contributed by atoms with E-state index in [4.69, 9.17) is 0 Å². The summed E-state index contributed by atoms with van der Waals surface area (Å²) in [5.41, 5.74) is 7.20. The first-order chi connectivity index (χ1) is 16.6. The number of hydrogen-bond acceptors (Lipinski definition) is 1. The molecular formula is C33H44O. The van der Waals surface area contributed by atoms with Crippen molar-refractivity contribution in [2.24, 2.45) is 0 Å². The van der Waals surface area contributed by atoms with Crippen LogP contribution in [0.15, 0.2) is 66.7 Å². The van der Waals surface area contributed by atoms with Crippen molar-refractivity contribution in [3.8, 4) is 28.0 Å². The number of rotatable bonds is 14. The third-order valence-electron chi connectivity index (χ3n) is 6.93. The first-order valence-electron chi connectivity index (χ1n) is 13.6. The molecule has 0 saturated carbocycles. The molecule has 3 aromatic rings. The molecule has 34 heavy (non-hydrogen) atoms. The van der Waals surface area contributed by atoms with Crippen LogP contribution in [0.2, 0.25) is 0 Å². The zero-order valence-electron chi connectivity index (χ0n) is 21.7. The Kier molecular flexibility index (Phi) is 10.7. The molecule has 0 fully saturated rings. The van der Waals surface area contributed by atoms with Gasteiger partial charge in [-0.1, -0.05) is 139 Å². The topological polar surface area (TPSA) is 20.2 Å². The average Bonchev–Trinajstić information content (AvgIpc) is 2.85. The molecule has 0 bridgehead atoms. The van der Waals surface area contributed by atoms with Crippen molar-refractivity contribution < 1.29 is 5.11 Å². The molecule has 3 rings (SSSR count). The van der Waals surface area contributed by atoms with Crippen molar-refractivity contribution in [3.05, 3.63) is 77.9 Å². The molecule has 0 aliphatic rings. The maximum absolute atomic E-state index is 11.2. The molecule has 0 aromatic heterocycles. The van der Waals surface area contributed by atoms with Gasteiger partial charge in [0.15, 0.2) is 0 Å². The molecule has 182 valence electrons. The Bertz CT molecular complexity index is 972. The van der Waals surface area contributed by atoms with Crippen molar-refractivity contribution in [2.45, 2.75) is 97.3 Å². The number of aromatic hydroxyl groups is 1. The summed E-state index contributed by atoms with van der Waals surface area (Å²) in [5.74, 6) is 0.723. The number of benzene rings is 3. The minimum atomic E-state index is 0.309. The van der Waals surface area contributed by atoms with E-state index in [-0.39, 0.29) is 0 Å². The molecule has 0 aliphatic carbocycles. The van der Waals surface area contributed by atoms with Crippen LogP contribution in [-0.2, 0) is 6.42 Å². The SMILES string of the molecule is CCCCCCCCCCCCc1cc(O)c(-c2ccccc2)c(C(C)C)c1-c1ccccc1. The molecule has 0 aliphatic heterocycles. The molecule has 0 heterocycles. The molecule has 0 saturated heterocycles. The number of unbranched alkanes of at least 4 members (excludes halogenated alkanes) is 9. The van der Waals surface area contributed by atoms with Gasteiger partial charge in [0.2, 0.25) is 0 Å². The summed E-state index contributed by atoms with van der Waals surface area (Å²) < 4.78 is 0. The average molecular weight is 457 g/mol. The van der Waals surface area contributed by atoms with E-state index >= 15 is 0 Å². The fourth-order valence-electron chi connectivity index (χ4n) is 5.18. The van der Waals surface area contributed by atoms with Crippen LogP contribution < -0.4 is 0 Å². The minimum Gasteiger partial charge on any atom is -0.507 e. The second-order valence-electron chi connectivity index (χ2n) is 10.0. The predicted octanol–water partition coefficient (Wildman–Crippen LogP) is 10.3. The zero-order valence-corrected chi connectivity index (χ0v) is 21.7. The van der Waals surface area contributed by atoms with E-state index < -0.39 is 0 Å². The largest absolute Gasteiger partial charge is 0.507 e. The second-order valence-corrected chi connectivity index (χ2v) is 10.0. The van der Waals surface area contributed by atoms with Gasteiger partial charge in [-0.15, -0.1) is 0 Å². The first-order valence-corrected chi connectivity index (χ1v) is 13.6. The van der Waals surface area contributed by atoms with Gasteiger partial charge in [0.05, 0.1) is 0 Å². The molecule has 0 spiro atoms. The zero-order chi connectivity index (χ0) is 24.2. The van der Waals surface area contributed by atoms with Gasteiger partial charge >= 0.3 is 0 Å². The van der Waals surface area contributed by atoms with E-state index in [1.165, 1.54) is 86.5 Å². The van der Waals surface area contributed by atoms with Crippen molar-refractivity contribution in [2.75, 3.05) is 0 Å². The Hall–Kier alpha value is -2.54. The highest BCUT2D eigenvalue weighted by Crippen LogP contribution is 2.45. The molecule has 1 heteroatoms. The van der Waals surface area contributed by atoms with E-state index in [1.807, 2.05) is 12.1 Å². The molecule has 0 amide bonds. The Morgan fingerprint density at radius 1 is 0.618 bits per heavy atom. The summed E-state index contributed by atoms with van der Waals surface area (Å²) in [6, 6.07) is 23.2. The van der Waals surface area contributed by atoms with Crippen LogP contribution in [0.3, 0.4) is 0 Å². The summed E-state index contributed by atoms with van der Waals surface area (Å²) in [6.45, 7) is 6.78. The molecule has 0 atom stereocenters. The quantitative estimate of drug-likeness (QED) is 0.239. The lowest BCUT2D eigenvalue weighted by molar-refractivity contribution is 0.475. The summed E-state index contributed by atoms with van der Waals surface area (Å²) in [7, 11) is 0. The van der Waals surface area contributed by atoms with Crippen LogP contribution in [0.5, 0.6) is 5.75 Å². The third kappa shape index (κ3) is 7.23. The van der Waals surface area contributed by atoms with E-state index in [9.17, 15) is 5.11 Å². The fraction of sp³-hybridized carbons (Fsp3) is 0.455. The predicted molar refractivity (Wildman–Crippen MR) is 149 cm³/mol. The van der Waals surface area contributed by atoms with Gasteiger partial charge in [0, 0.05) is 5.56 Å². The lowest BCUT2D eigenvalue weighted by atomic mass is 9.81. The number of aryl methyl sites for hydroxylation is 1. The Balaban J connectivity index is 1.78. The monoisotopic (exact) mass is 456 g/mol. The fourth-order valence-corrected chi connectivity index (χ4v) is 5.18. The lowest BCUT2D eigenvalue weighted by Crippen LogP contribution is -2.02. The number of hydrogen-bond donors (Lipinski definition) is 1. The van der Waals surface area contributed by atoms with Crippen molar-refractivity contribution in [1.29, 1.82) is 0 Å². The van der Waals surface area contributed by atoms with Crippen LogP contribution in [0, 0.1) is 0 Å². The van der Waals surface area contributed by atoms with Crippen molar-refractivity contribution >= 4 is 0 Å². The van der Waals surface area contributed by atoms with Gasteiger partial charge in [-0.3, -0.25) is 0 Å². The van der Waals surface area contributed by atoms with Gasteiger partial charge in [0.25, 0.3) is 0 Å². The number of phenols is 1. The summed E-state index contributed by atoms with van der Waals surface area (Å²) in [6.07, 6.45) is 14.4. The smallest absolute Gasteiger partial charge is 0.124 e. The summed E-state index contributed by atoms with van der Waals surface area (Å²) in [5, 5.41) is 11.2. The van der Waals surface area contributed by atoms with E-state index in [1.54, 1.807) is 0 Å². The minimum absolute atomic E-state index is 0.309. The van der Waals surface area contributed by atoms with E-state index in [0.29, 0.717) is 11.7 Å². The molecule has 0 unspecified atom stereocenters. The standard InChI is InChI=1S/C33H44O/c1-4-5-6-7-8-9-10-11-12-15-24-29-25-30(34)33(28-22-18-14-19-23-28)31(26(2)3)32(29)27-20-16-13-17-21-27/h13-14,16-23,25-26,34H,4-12,15,24H2,1-3H3. The Labute approximate surface area is 208 Å². The van der Waals surface area contributed by atoms with Crippen LogP contribution in [0.25, 0.3) is 22.3 Å². The maximum Gasteiger partial charge on any atom is 0.124 e. The lowest BCUT2D eigenvalue weighted by Gasteiger charge is -2.23. The highest BCUT2D eigenvalue weighted by molar-refractivity contribution is 5.85. The summed E-state index contributed by atoms with van der Waals surface area (Å²) >= 11 is 0. The van der Waals surface area contributed by atoms with Crippen LogP contribution in [0.4, 0.5) is 0 Å². The van der Waals surface area contributed by atoms with Crippen molar-refractivity contribution in [3.63, 3.8) is 0 Å². The third-order valence-corrected chi connectivity index (χ3v) is 6.93. The second kappa shape index (κ2) is 14.0. The van der Waals surface area contributed by atoms with Gasteiger partial charge in [-0.05, 0) is 52.6 Å². The Morgan fingerprint density at radius 3 is 1.59 bits per heavy atom. The van der Waals surface area contributed by atoms with Crippen LogP contribution >= 0.6 is 0 Å². The van der Waals surface area contributed by atoms with E-state index in [0.717, 1.165) is 17.5 Å². The highest BCUT2D eigenvalue weighted by atomic mass is 16.3. The number of phenolic OH excluding ortho intramolecular Hbond substituents is 1. The Morgan fingerprint density at radius 2 is 1.09 bits per heavy atom. The maximum atomic E-state index is 11.2. The molecule has 3 aromatic carbocycles. The van der Waals surface area contributed by atoms with Crippen LogP contribution in [-0.4, -0.2) is 5.11 Å². The molecule has 1 N–H and O–H groups in total. The summed E-state index contributed by atoms with van der Waals surface area (Å²) in [4.78, 5) is 0. The molecule has 0 radical (unpaired) electrons. The van der Waals surface area contributed by atoms with Gasteiger partial charge < -0.3 is 5.11 Å². The highest BCUT2D eigenvalue weighted by Gasteiger charge is 2.22. The van der Waals surface area contributed by atoms with E-state index in [2.05, 4.69) is 75.4 Å². The first kappa shape index (κ1) is 26.1. The van der Waals surface area contributed by atoms with Crippen molar-refractivity contribution in [1.82, 2.24) is 0 Å². The molecule has 1 nitrogen and oxygen atoms in total. The molecular weight excluding hydrogens is 412 g/mol. The van der Waals surface area contributed by atoms with Gasteiger partial charge in [-0.2, -0.15) is 0 Å².